The third-order valence-electron chi connectivity index (χ3n) is 1.38. The molecule has 0 spiro atoms. The molecule has 2 aromatic heterocycles. The Morgan fingerprint density at radius 1 is 1.58 bits per heavy atom. The van der Waals surface area contributed by atoms with E-state index in [1.807, 2.05) is 6.92 Å². The maximum Gasteiger partial charge on any atom is 0.271 e. The number of aromatic nitrogens is 3. The molecule has 0 aromatic carbocycles. The Morgan fingerprint density at radius 3 is 2.92 bits per heavy atom. The van der Waals surface area contributed by atoms with Crippen molar-refractivity contribution in [2.45, 2.75) is 6.92 Å². The summed E-state index contributed by atoms with van der Waals surface area (Å²) in [5.41, 5.74) is 7.91. The average Bonchev–Trinajstić information content (AvgIpc) is 2.58. The molecule has 2 heterocycles. The fraction of sp³-hybridized carbons (Fsp3) is 0.167. The van der Waals surface area contributed by atoms with Crippen LogP contribution in [-0.4, -0.2) is 15.1 Å². The van der Waals surface area contributed by atoms with Crippen molar-refractivity contribution in [2.75, 3.05) is 5.73 Å². The van der Waals surface area contributed by atoms with Crippen LogP contribution in [0, 0.1) is 6.92 Å². The molecule has 2 N–H and O–H groups in total. The zero-order valence-electron chi connectivity index (χ0n) is 6.31. The van der Waals surface area contributed by atoms with Crippen LogP contribution in [-0.2, 0) is 0 Å². The van der Waals surface area contributed by atoms with Crippen LogP contribution in [0.1, 0.15) is 5.69 Å². The van der Waals surface area contributed by atoms with E-state index in [1.54, 1.807) is 5.51 Å². The summed E-state index contributed by atoms with van der Waals surface area (Å²) in [6, 6.07) is 0. The monoisotopic (exact) mass is 182 g/mol. The van der Waals surface area contributed by atoms with Crippen molar-refractivity contribution in [3.63, 3.8) is 0 Å². The first-order valence-electron chi connectivity index (χ1n) is 3.27. The van der Waals surface area contributed by atoms with Crippen molar-refractivity contribution in [3.8, 4) is 10.8 Å². The van der Waals surface area contributed by atoms with E-state index >= 15 is 0 Å². The van der Waals surface area contributed by atoms with Crippen molar-refractivity contribution in [1.29, 1.82) is 0 Å². The van der Waals surface area contributed by atoms with Crippen molar-refractivity contribution in [3.05, 3.63) is 11.2 Å². The van der Waals surface area contributed by atoms with Crippen LogP contribution >= 0.6 is 11.3 Å². The van der Waals surface area contributed by atoms with Crippen LogP contribution in [0.2, 0.25) is 0 Å². The molecule has 0 aliphatic heterocycles. The first-order chi connectivity index (χ1) is 5.77. The minimum Gasteiger partial charge on any atom is -0.365 e. The number of hydrogen-bond donors (Lipinski definition) is 1. The second kappa shape index (κ2) is 2.56. The number of hydrogen-bond acceptors (Lipinski definition) is 6. The molecule has 6 heteroatoms. The van der Waals surface area contributed by atoms with Gasteiger partial charge in [-0.05, 0) is 12.1 Å². The van der Waals surface area contributed by atoms with Crippen LogP contribution in [0.4, 0.5) is 5.95 Å². The van der Waals surface area contributed by atoms with Gasteiger partial charge in [-0.2, -0.15) is 4.98 Å². The lowest BCUT2D eigenvalue weighted by Gasteiger charge is -1.85. The standard InChI is InChI=1S/C6H6N4OS/c1-3-4(12-2-8-3)5-9-6(7)10-11-5/h2H,1H3,(H2,7,10). The molecule has 12 heavy (non-hydrogen) atoms. The number of anilines is 1. The third kappa shape index (κ3) is 1.06. The number of nitrogens with two attached hydrogens (primary N) is 1. The highest BCUT2D eigenvalue weighted by Gasteiger charge is 2.11. The molecule has 0 saturated heterocycles. The van der Waals surface area contributed by atoms with Gasteiger partial charge in [0.15, 0.2) is 0 Å². The maximum atomic E-state index is 5.30. The summed E-state index contributed by atoms with van der Waals surface area (Å²) in [6.45, 7) is 1.88. The van der Waals surface area contributed by atoms with Gasteiger partial charge in [0.25, 0.3) is 11.8 Å². The van der Waals surface area contributed by atoms with Gasteiger partial charge < -0.3 is 10.3 Å². The molecular formula is C6H6N4OS. The maximum absolute atomic E-state index is 5.30. The van der Waals surface area contributed by atoms with Crippen LogP contribution in [0.15, 0.2) is 10.0 Å². The lowest BCUT2D eigenvalue weighted by Crippen LogP contribution is -1.85. The van der Waals surface area contributed by atoms with Crippen LogP contribution < -0.4 is 5.73 Å². The van der Waals surface area contributed by atoms with E-state index in [0.29, 0.717) is 5.89 Å². The van der Waals surface area contributed by atoms with E-state index < -0.39 is 0 Å². The molecular weight excluding hydrogens is 176 g/mol. The summed E-state index contributed by atoms with van der Waals surface area (Å²) in [4.78, 5) is 8.81. The van der Waals surface area contributed by atoms with Crippen LogP contribution in [0.3, 0.4) is 0 Å². The minimum atomic E-state index is 0.151. The lowest BCUT2D eigenvalue weighted by molar-refractivity contribution is 0.433. The van der Waals surface area contributed by atoms with Crippen molar-refractivity contribution in [1.82, 2.24) is 15.1 Å². The molecule has 2 aromatic rings. The molecule has 0 saturated carbocycles. The zero-order valence-corrected chi connectivity index (χ0v) is 7.13. The Bertz CT molecular complexity index is 394. The van der Waals surface area contributed by atoms with Gasteiger partial charge in [0.1, 0.15) is 4.88 Å². The largest absolute Gasteiger partial charge is 0.365 e. The van der Waals surface area contributed by atoms with Gasteiger partial charge >= 0.3 is 0 Å². The van der Waals surface area contributed by atoms with E-state index in [1.165, 1.54) is 11.3 Å². The SMILES string of the molecule is Cc1ncsc1-c1nc(N)no1. The van der Waals surface area contributed by atoms with E-state index in [4.69, 9.17) is 10.3 Å². The van der Waals surface area contributed by atoms with Gasteiger partial charge in [-0.3, -0.25) is 0 Å². The van der Waals surface area contributed by atoms with Gasteiger partial charge in [-0.1, -0.05) is 0 Å². The lowest BCUT2D eigenvalue weighted by atomic mass is 10.4. The second-order valence-electron chi connectivity index (χ2n) is 2.22. The van der Waals surface area contributed by atoms with E-state index in [0.717, 1.165) is 10.6 Å². The molecule has 0 aliphatic carbocycles. The predicted octanol–water partition coefficient (Wildman–Crippen LogP) is 1.08. The van der Waals surface area contributed by atoms with Gasteiger partial charge in [-0.15, -0.1) is 11.3 Å². The molecule has 62 valence electrons. The Labute approximate surface area is 72.2 Å². The normalized spacial score (nSPS) is 10.4. The molecule has 0 fully saturated rings. The second-order valence-corrected chi connectivity index (χ2v) is 3.08. The first kappa shape index (κ1) is 7.23. The summed E-state index contributed by atoms with van der Waals surface area (Å²) in [5.74, 6) is 0.588. The Morgan fingerprint density at radius 2 is 2.42 bits per heavy atom. The van der Waals surface area contributed by atoms with E-state index in [2.05, 4.69) is 15.1 Å². The number of rotatable bonds is 1. The molecule has 0 aliphatic rings. The van der Waals surface area contributed by atoms with E-state index in [9.17, 15) is 0 Å². The number of aryl methyl sites for hydroxylation is 1. The molecule has 0 radical (unpaired) electrons. The smallest absolute Gasteiger partial charge is 0.271 e. The highest BCUT2D eigenvalue weighted by Crippen LogP contribution is 2.25. The number of thiazole rings is 1. The molecule has 0 unspecified atom stereocenters. The molecule has 5 nitrogen and oxygen atoms in total. The summed E-state index contributed by atoms with van der Waals surface area (Å²) in [5, 5.41) is 3.48. The van der Waals surface area contributed by atoms with E-state index in [-0.39, 0.29) is 5.95 Å². The van der Waals surface area contributed by atoms with Crippen molar-refractivity contribution < 1.29 is 4.52 Å². The molecule has 0 bridgehead atoms. The average molecular weight is 182 g/mol. The van der Waals surface area contributed by atoms with Gasteiger partial charge in [0, 0.05) is 0 Å². The highest BCUT2D eigenvalue weighted by atomic mass is 32.1. The fourth-order valence-corrected chi connectivity index (χ4v) is 1.56. The highest BCUT2D eigenvalue weighted by molar-refractivity contribution is 7.13. The molecule has 0 amide bonds. The van der Waals surface area contributed by atoms with Gasteiger partial charge in [0.05, 0.1) is 11.2 Å². The molecule has 0 atom stereocenters. The minimum absolute atomic E-state index is 0.151. The van der Waals surface area contributed by atoms with Crippen molar-refractivity contribution >= 4 is 17.3 Å². The fourth-order valence-electron chi connectivity index (χ4n) is 0.834. The number of nitrogens with zero attached hydrogens (tertiary/aromatic N) is 3. The Hall–Kier alpha value is -1.43. The van der Waals surface area contributed by atoms with Crippen molar-refractivity contribution in [2.24, 2.45) is 0 Å². The van der Waals surface area contributed by atoms with Crippen LogP contribution in [0.25, 0.3) is 10.8 Å². The Balaban J connectivity index is 2.50. The quantitative estimate of drug-likeness (QED) is 0.714. The topological polar surface area (TPSA) is 77.8 Å². The summed E-state index contributed by atoms with van der Waals surface area (Å²) >= 11 is 1.45. The first-order valence-corrected chi connectivity index (χ1v) is 4.15. The Kier molecular flexibility index (Phi) is 1.54. The van der Waals surface area contributed by atoms with Gasteiger partial charge in [0.2, 0.25) is 0 Å². The summed E-state index contributed by atoms with van der Waals surface area (Å²) < 4.78 is 4.87. The summed E-state index contributed by atoms with van der Waals surface area (Å²) in [6.07, 6.45) is 0. The van der Waals surface area contributed by atoms with Gasteiger partial charge in [-0.25, -0.2) is 4.98 Å². The van der Waals surface area contributed by atoms with Crippen LogP contribution in [0.5, 0.6) is 0 Å². The molecule has 2 rings (SSSR count). The number of nitrogen functional groups attached to an aromatic ring is 1. The predicted molar refractivity (Wildman–Crippen MR) is 44.6 cm³/mol. The summed E-state index contributed by atoms with van der Waals surface area (Å²) in [7, 11) is 0. The third-order valence-corrected chi connectivity index (χ3v) is 2.30. The zero-order chi connectivity index (χ0) is 8.55.